The number of hydrogen-bond acceptors (Lipinski definition) is 5. The third-order valence-electron chi connectivity index (χ3n) is 3.74. The van der Waals surface area contributed by atoms with Crippen molar-refractivity contribution in [3.05, 3.63) is 52.2 Å². The summed E-state index contributed by atoms with van der Waals surface area (Å²) in [6.07, 6.45) is 0. The van der Waals surface area contributed by atoms with E-state index >= 15 is 0 Å². The number of rotatable bonds is 8. The molecule has 1 unspecified atom stereocenters. The van der Waals surface area contributed by atoms with Crippen LogP contribution in [-0.2, 0) is 21.4 Å². The summed E-state index contributed by atoms with van der Waals surface area (Å²) < 4.78 is 27.1. The van der Waals surface area contributed by atoms with Crippen molar-refractivity contribution in [2.24, 2.45) is 5.92 Å². The van der Waals surface area contributed by atoms with Crippen LogP contribution in [0.1, 0.15) is 22.2 Å². The Balaban J connectivity index is 2.04. The summed E-state index contributed by atoms with van der Waals surface area (Å²) in [5.41, 5.74) is 0.294. The molecule has 0 fully saturated rings. The third-order valence-corrected chi connectivity index (χ3v) is 6.04. The second-order valence-corrected chi connectivity index (χ2v) is 8.65. The summed E-state index contributed by atoms with van der Waals surface area (Å²) in [5.74, 6) is -2.04. The van der Waals surface area contributed by atoms with E-state index in [0.29, 0.717) is 5.56 Å². The molecule has 0 spiro atoms. The molecule has 1 aromatic carbocycles. The van der Waals surface area contributed by atoms with Gasteiger partial charge in [0.25, 0.3) is 5.91 Å². The third kappa shape index (κ3) is 5.13. The Morgan fingerprint density at radius 1 is 1.23 bits per heavy atom. The standard InChI is InChI=1S/C17H20N2O5S2/c1-12(17(21)22)11-19(2)16(20)13-5-7-15(8-6-13)26(23,24)18-10-14-4-3-9-25-14/h3-9,12,18H,10-11H2,1-2H3,(H,21,22). The maximum Gasteiger partial charge on any atom is 0.308 e. The number of carboxylic acids is 1. The molecule has 140 valence electrons. The van der Waals surface area contributed by atoms with Crippen molar-refractivity contribution in [2.45, 2.75) is 18.4 Å². The van der Waals surface area contributed by atoms with E-state index in [1.807, 2.05) is 17.5 Å². The Morgan fingerprint density at radius 3 is 2.42 bits per heavy atom. The topological polar surface area (TPSA) is 104 Å². The van der Waals surface area contributed by atoms with Crippen molar-refractivity contribution in [1.82, 2.24) is 9.62 Å². The number of nitrogens with one attached hydrogen (secondary N) is 1. The minimum absolute atomic E-state index is 0.0622. The van der Waals surface area contributed by atoms with Crippen LogP contribution < -0.4 is 4.72 Å². The van der Waals surface area contributed by atoms with Gasteiger partial charge in [0, 0.05) is 30.6 Å². The van der Waals surface area contributed by atoms with Crippen LogP contribution in [0.5, 0.6) is 0 Å². The number of nitrogens with zero attached hydrogens (tertiary/aromatic N) is 1. The van der Waals surface area contributed by atoms with Crippen LogP contribution in [0.3, 0.4) is 0 Å². The minimum Gasteiger partial charge on any atom is -0.481 e. The lowest BCUT2D eigenvalue weighted by atomic mass is 10.1. The van der Waals surface area contributed by atoms with E-state index in [1.165, 1.54) is 54.5 Å². The van der Waals surface area contributed by atoms with Crippen LogP contribution in [0.4, 0.5) is 0 Å². The normalized spacial score (nSPS) is 12.5. The van der Waals surface area contributed by atoms with Gasteiger partial charge < -0.3 is 10.0 Å². The van der Waals surface area contributed by atoms with Crippen molar-refractivity contribution in [3.8, 4) is 0 Å². The Kier molecular flexibility index (Phi) is 6.52. The first kappa shape index (κ1) is 20.1. The largest absolute Gasteiger partial charge is 0.481 e. The molecule has 0 aliphatic rings. The van der Waals surface area contributed by atoms with Crippen LogP contribution in [0.25, 0.3) is 0 Å². The summed E-state index contributed by atoms with van der Waals surface area (Å²) in [5, 5.41) is 10.8. The summed E-state index contributed by atoms with van der Waals surface area (Å²) in [7, 11) is -2.17. The Morgan fingerprint density at radius 2 is 1.88 bits per heavy atom. The Bertz CT molecular complexity index is 861. The van der Waals surface area contributed by atoms with Crippen LogP contribution in [0.2, 0.25) is 0 Å². The van der Waals surface area contributed by atoms with Gasteiger partial charge in [0.1, 0.15) is 0 Å². The molecule has 26 heavy (non-hydrogen) atoms. The predicted octanol–water partition coefficient (Wildman–Crippen LogP) is 2.02. The van der Waals surface area contributed by atoms with Gasteiger partial charge in [-0.15, -0.1) is 11.3 Å². The van der Waals surface area contributed by atoms with Gasteiger partial charge in [0.05, 0.1) is 10.8 Å². The van der Waals surface area contributed by atoms with Crippen LogP contribution in [0, 0.1) is 5.92 Å². The molecule has 0 saturated heterocycles. The number of carboxylic acid groups (broad SMARTS) is 1. The highest BCUT2D eigenvalue weighted by molar-refractivity contribution is 7.89. The van der Waals surface area contributed by atoms with Gasteiger partial charge >= 0.3 is 5.97 Å². The van der Waals surface area contributed by atoms with Crippen molar-refractivity contribution >= 4 is 33.2 Å². The zero-order valence-electron chi connectivity index (χ0n) is 14.4. The number of aliphatic carboxylic acids is 1. The molecule has 0 aliphatic carbocycles. The van der Waals surface area contributed by atoms with E-state index in [4.69, 9.17) is 5.11 Å². The summed E-state index contributed by atoms with van der Waals surface area (Å²) >= 11 is 1.46. The first-order valence-corrected chi connectivity index (χ1v) is 10.2. The fraction of sp³-hybridized carbons (Fsp3) is 0.294. The number of benzene rings is 1. The molecule has 0 bridgehead atoms. The van der Waals surface area contributed by atoms with E-state index in [1.54, 1.807) is 0 Å². The molecular formula is C17H20N2O5S2. The highest BCUT2D eigenvalue weighted by atomic mass is 32.2. The molecule has 1 heterocycles. The average molecular weight is 396 g/mol. The van der Waals surface area contributed by atoms with E-state index in [0.717, 1.165) is 4.88 Å². The minimum atomic E-state index is -3.68. The van der Waals surface area contributed by atoms with Gasteiger partial charge in [-0.2, -0.15) is 0 Å². The van der Waals surface area contributed by atoms with E-state index in [9.17, 15) is 18.0 Å². The first-order chi connectivity index (χ1) is 12.2. The number of hydrogen-bond donors (Lipinski definition) is 2. The number of carbonyl (C=O) groups excluding carboxylic acids is 1. The zero-order chi connectivity index (χ0) is 19.3. The van der Waals surface area contributed by atoms with Gasteiger partial charge in [-0.1, -0.05) is 13.0 Å². The molecule has 0 radical (unpaired) electrons. The van der Waals surface area contributed by atoms with Crippen LogP contribution >= 0.6 is 11.3 Å². The molecule has 9 heteroatoms. The smallest absolute Gasteiger partial charge is 0.308 e. The quantitative estimate of drug-likeness (QED) is 0.710. The molecule has 2 aromatic rings. The van der Waals surface area contributed by atoms with Gasteiger partial charge in [-0.05, 0) is 35.7 Å². The van der Waals surface area contributed by atoms with E-state index in [2.05, 4.69) is 4.72 Å². The fourth-order valence-electron chi connectivity index (χ4n) is 2.23. The molecule has 1 atom stereocenters. The van der Waals surface area contributed by atoms with Gasteiger partial charge in [-0.25, -0.2) is 13.1 Å². The van der Waals surface area contributed by atoms with Crippen molar-refractivity contribution in [3.63, 3.8) is 0 Å². The second kappa shape index (κ2) is 8.43. The average Bonchev–Trinajstić information content (AvgIpc) is 3.13. The molecular weight excluding hydrogens is 376 g/mol. The molecule has 2 N–H and O–H groups in total. The lowest BCUT2D eigenvalue weighted by Gasteiger charge is -2.19. The summed E-state index contributed by atoms with van der Waals surface area (Å²) in [4.78, 5) is 25.5. The van der Waals surface area contributed by atoms with Gasteiger partial charge in [0.2, 0.25) is 10.0 Å². The summed E-state index contributed by atoms with van der Waals surface area (Å²) in [6.45, 7) is 1.79. The van der Waals surface area contributed by atoms with Crippen LogP contribution in [-0.4, -0.2) is 43.9 Å². The fourth-order valence-corrected chi connectivity index (χ4v) is 3.97. The molecule has 1 aromatic heterocycles. The highest BCUT2D eigenvalue weighted by Crippen LogP contribution is 2.14. The van der Waals surface area contributed by atoms with E-state index in [-0.39, 0.29) is 23.9 Å². The molecule has 7 nitrogen and oxygen atoms in total. The summed E-state index contributed by atoms with van der Waals surface area (Å²) in [6, 6.07) is 9.24. The van der Waals surface area contributed by atoms with Crippen molar-refractivity contribution in [1.29, 1.82) is 0 Å². The molecule has 0 saturated carbocycles. The zero-order valence-corrected chi connectivity index (χ0v) is 16.0. The first-order valence-electron chi connectivity index (χ1n) is 7.81. The lowest BCUT2D eigenvalue weighted by Crippen LogP contribution is -2.33. The Labute approximate surface area is 156 Å². The number of sulfonamides is 1. The molecule has 0 aliphatic heterocycles. The monoisotopic (exact) mass is 396 g/mol. The number of carbonyl (C=O) groups is 2. The highest BCUT2D eigenvalue weighted by Gasteiger charge is 2.20. The van der Waals surface area contributed by atoms with E-state index < -0.39 is 21.9 Å². The molecule has 2 rings (SSSR count). The van der Waals surface area contributed by atoms with Crippen molar-refractivity contribution < 1.29 is 23.1 Å². The maximum atomic E-state index is 12.3. The number of thiophene rings is 1. The Hall–Kier alpha value is -2.23. The predicted molar refractivity (Wildman–Crippen MR) is 98.5 cm³/mol. The SMILES string of the molecule is CC(CN(C)C(=O)c1ccc(S(=O)(=O)NCc2cccs2)cc1)C(=O)O. The molecule has 1 amide bonds. The maximum absolute atomic E-state index is 12.3. The van der Waals surface area contributed by atoms with Crippen molar-refractivity contribution in [2.75, 3.05) is 13.6 Å². The second-order valence-electron chi connectivity index (χ2n) is 5.85. The van der Waals surface area contributed by atoms with Gasteiger partial charge in [-0.3, -0.25) is 9.59 Å². The number of amides is 1. The lowest BCUT2D eigenvalue weighted by molar-refractivity contribution is -0.141. The van der Waals surface area contributed by atoms with Gasteiger partial charge in [0.15, 0.2) is 0 Å². The van der Waals surface area contributed by atoms with Crippen LogP contribution in [0.15, 0.2) is 46.7 Å².